The highest BCUT2D eigenvalue weighted by Crippen LogP contribution is 2.53. The Morgan fingerprint density at radius 3 is 2.54 bits per heavy atom. The molecule has 0 radical (unpaired) electrons. The lowest BCUT2D eigenvalue weighted by atomic mass is 9.57. The average Bonchev–Trinajstić information content (AvgIpc) is 2.02. The van der Waals surface area contributed by atoms with Gasteiger partial charge in [0.25, 0.3) is 0 Å². The summed E-state index contributed by atoms with van der Waals surface area (Å²) in [6, 6.07) is 0. The standard InChI is InChI=1S/C10H16O3/c11-9(12)5-8-6-10(7-8)1-3-13-4-2-10/h8H,1-7H2,(H,11,12). The first-order chi connectivity index (χ1) is 6.20. The maximum atomic E-state index is 10.4. The number of ether oxygens (including phenoxy) is 1. The third kappa shape index (κ3) is 1.85. The zero-order chi connectivity index (χ0) is 9.31. The molecule has 1 spiro atoms. The summed E-state index contributed by atoms with van der Waals surface area (Å²) in [5.41, 5.74) is 0.471. The van der Waals surface area contributed by atoms with Gasteiger partial charge in [-0.25, -0.2) is 0 Å². The molecule has 1 heterocycles. The van der Waals surface area contributed by atoms with Gasteiger partial charge in [0.15, 0.2) is 0 Å². The van der Waals surface area contributed by atoms with Gasteiger partial charge in [-0.1, -0.05) is 0 Å². The molecule has 13 heavy (non-hydrogen) atoms. The van der Waals surface area contributed by atoms with Crippen LogP contribution in [0, 0.1) is 11.3 Å². The minimum Gasteiger partial charge on any atom is -0.481 e. The van der Waals surface area contributed by atoms with Gasteiger partial charge in [-0.2, -0.15) is 0 Å². The van der Waals surface area contributed by atoms with Crippen LogP contribution >= 0.6 is 0 Å². The van der Waals surface area contributed by atoms with Crippen molar-refractivity contribution in [1.82, 2.24) is 0 Å². The Balaban J connectivity index is 1.78. The molecule has 0 bridgehead atoms. The van der Waals surface area contributed by atoms with E-state index in [4.69, 9.17) is 9.84 Å². The van der Waals surface area contributed by atoms with Crippen LogP contribution in [0.2, 0.25) is 0 Å². The molecule has 1 saturated heterocycles. The van der Waals surface area contributed by atoms with Gasteiger partial charge in [0.1, 0.15) is 0 Å². The predicted octanol–water partition coefficient (Wildman–Crippen LogP) is 1.67. The highest BCUT2D eigenvalue weighted by molar-refractivity contribution is 5.67. The molecule has 0 aromatic rings. The molecule has 2 rings (SSSR count). The van der Waals surface area contributed by atoms with Crippen molar-refractivity contribution in [2.75, 3.05) is 13.2 Å². The van der Waals surface area contributed by atoms with Crippen LogP contribution in [0.1, 0.15) is 32.1 Å². The molecule has 2 fully saturated rings. The van der Waals surface area contributed by atoms with Gasteiger partial charge < -0.3 is 9.84 Å². The summed E-state index contributed by atoms with van der Waals surface area (Å²) in [6.45, 7) is 1.75. The summed E-state index contributed by atoms with van der Waals surface area (Å²) in [5.74, 6) is -0.206. The van der Waals surface area contributed by atoms with Crippen molar-refractivity contribution in [3.8, 4) is 0 Å². The molecule has 0 aromatic carbocycles. The Morgan fingerprint density at radius 1 is 1.38 bits per heavy atom. The van der Waals surface area contributed by atoms with Crippen molar-refractivity contribution in [1.29, 1.82) is 0 Å². The van der Waals surface area contributed by atoms with Crippen LogP contribution < -0.4 is 0 Å². The zero-order valence-electron chi connectivity index (χ0n) is 7.79. The van der Waals surface area contributed by atoms with Crippen LogP contribution in [0.4, 0.5) is 0 Å². The van der Waals surface area contributed by atoms with Gasteiger partial charge in [-0.15, -0.1) is 0 Å². The normalized spacial score (nSPS) is 27.1. The van der Waals surface area contributed by atoms with Gasteiger partial charge in [-0.05, 0) is 37.0 Å². The fourth-order valence-electron chi connectivity index (χ4n) is 2.77. The number of aliphatic carboxylic acids is 1. The Bertz CT molecular complexity index is 198. The zero-order valence-corrected chi connectivity index (χ0v) is 7.79. The van der Waals surface area contributed by atoms with E-state index in [1.165, 1.54) is 0 Å². The van der Waals surface area contributed by atoms with E-state index in [2.05, 4.69) is 0 Å². The summed E-state index contributed by atoms with van der Waals surface area (Å²) < 4.78 is 5.30. The summed E-state index contributed by atoms with van der Waals surface area (Å²) in [4.78, 5) is 10.4. The second-order valence-electron chi connectivity index (χ2n) is 4.48. The van der Waals surface area contributed by atoms with Crippen molar-refractivity contribution in [3.05, 3.63) is 0 Å². The number of carboxylic acid groups (broad SMARTS) is 1. The molecule has 0 atom stereocenters. The lowest BCUT2D eigenvalue weighted by molar-refractivity contribution is -0.141. The summed E-state index contributed by atoms with van der Waals surface area (Å²) in [6.07, 6.45) is 4.88. The lowest BCUT2D eigenvalue weighted by Gasteiger charge is -2.49. The first-order valence-electron chi connectivity index (χ1n) is 5.00. The average molecular weight is 184 g/mol. The number of hydrogen-bond acceptors (Lipinski definition) is 2. The van der Waals surface area contributed by atoms with Gasteiger partial charge >= 0.3 is 5.97 Å². The Labute approximate surface area is 78.1 Å². The number of carbonyl (C=O) groups is 1. The quantitative estimate of drug-likeness (QED) is 0.710. The fourth-order valence-corrected chi connectivity index (χ4v) is 2.77. The third-order valence-electron chi connectivity index (χ3n) is 3.46. The van der Waals surface area contributed by atoms with E-state index in [1.807, 2.05) is 0 Å². The molecular weight excluding hydrogens is 168 g/mol. The van der Waals surface area contributed by atoms with Crippen molar-refractivity contribution in [2.45, 2.75) is 32.1 Å². The SMILES string of the molecule is O=C(O)CC1CC2(CCOCC2)C1. The largest absolute Gasteiger partial charge is 0.481 e. The van der Waals surface area contributed by atoms with Crippen LogP contribution in [0.5, 0.6) is 0 Å². The van der Waals surface area contributed by atoms with E-state index >= 15 is 0 Å². The molecule has 74 valence electrons. The van der Waals surface area contributed by atoms with E-state index in [1.54, 1.807) is 0 Å². The molecular formula is C10H16O3. The molecule has 1 aliphatic heterocycles. The van der Waals surface area contributed by atoms with Crippen LogP contribution in [-0.2, 0) is 9.53 Å². The van der Waals surface area contributed by atoms with E-state index in [0.717, 1.165) is 38.9 Å². The second kappa shape index (κ2) is 3.29. The van der Waals surface area contributed by atoms with Crippen LogP contribution in [-0.4, -0.2) is 24.3 Å². The van der Waals surface area contributed by atoms with Crippen LogP contribution in [0.15, 0.2) is 0 Å². The van der Waals surface area contributed by atoms with Crippen LogP contribution in [0.25, 0.3) is 0 Å². The molecule has 0 unspecified atom stereocenters. The van der Waals surface area contributed by atoms with Crippen LogP contribution in [0.3, 0.4) is 0 Å². The topological polar surface area (TPSA) is 46.5 Å². The summed E-state index contributed by atoms with van der Waals surface area (Å²) >= 11 is 0. The van der Waals surface area contributed by atoms with Gasteiger partial charge in [0.2, 0.25) is 0 Å². The van der Waals surface area contributed by atoms with E-state index in [-0.39, 0.29) is 0 Å². The predicted molar refractivity (Wildman–Crippen MR) is 47.5 cm³/mol. The van der Waals surface area contributed by atoms with Crippen molar-refractivity contribution < 1.29 is 14.6 Å². The summed E-state index contributed by atoms with van der Waals surface area (Å²) in [5, 5.41) is 8.61. The maximum absolute atomic E-state index is 10.4. The Kier molecular flexibility index (Phi) is 2.28. The molecule has 0 aromatic heterocycles. The molecule has 3 heteroatoms. The first kappa shape index (κ1) is 9.00. The highest BCUT2D eigenvalue weighted by Gasteiger charge is 2.45. The third-order valence-corrected chi connectivity index (χ3v) is 3.46. The van der Waals surface area contributed by atoms with Gasteiger partial charge in [-0.3, -0.25) is 4.79 Å². The minimum absolute atomic E-state index is 0.364. The fraction of sp³-hybridized carbons (Fsp3) is 0.900. The molecule has 3 nitrogen and oxygen atoms in total. The monoisotopic (exact) mass is 184 g/mol. The minimum atomic E-state index is -0.646. The molecule has 1 saturated carbocycles. The maximum Gasteiger partial charge on any atom is 0.303 e. The number of carboxylic acids is 1. The van der Waals surface area contributed by atoms with Gasteiger partial charge in [0.05, 0.1) is 0 Å². The second-order valence-corrected chi connectivity index (χ2v) is 4.48. The first-order valence-corrected chi connectivity index (χ1v) is 5.00. The Morgan fingerprint density at radius 2 is 2.00 bits per heavy atom. The molecule has 1 aliphatic carbocycles. The van der Waals surface area contributed by atoms with E-state index in [0.29, 0.717) is 17.8 Å². The van der Waals surface area contributed by atoms with Gasteiger partial charge in [0, 0.05) is 19.6 Å². The number of hydrogen-bond donors (Lipinski definition) is 1. The molecule has 1 N–H and O–H groups in total. The van der Waals surface area contributed by atoms with E-state index < -0.39 is 5.97 Å². The van der Waals surface area contributed by atoms with Crippen molar-refractivity contribution >= 4 is 5.97 Å². The van der Waals surface area contributed by atoms with Crippen molar-refractivity contribution in [2.24, 2.45) is 11.3 Å². The highest BCUT2D eigenvalue weighted by atomic mass is 16.5. The molecule has 0 amide bonds. The molecule has 2 aliphatic rings. The smallest absolute Gasteiger partial charge is 0.303 e. The summed E-state index contributed by atoms with van der Waals surface area (Å²) in [7, 11) is 0. The lowest BCUT2D eigenvalue weighted by Crippen LogP contribution is -2.42. The van der Waals surface area contributed by atoms with E-state index in [9.17, 15) is 4.79 Å². The van der Waals surface area contributed by atoms with Crippen molar-refractivity contribution in [3.63, 3.8) is 0 Å². The number of rotatable bonds is 2. The Hall–Kier alpha value is -0.570.